The molecule has 0 bridgehead atoms. The van der Waals surface area contributed by atoms with Crippen LogP contribution in [0.15, 0.2) is 78.2 Å². The molecule has 0 amide bonds. The van der Waals surface area contributed by atoms with Crippen molar-refractivity contribution in [3.63, 3.8) is 0 Å². The average molecular weight is 440 g/mol. The van der Waals surface area contributed by atoms with Gasteiger partial charge in [0, 0.05) is 11.6 Å². The fraction of sp³-hybridized carbons (Fsp3) is 0.185. The second kappa shape index (κ2) is 9.49. The van der Waals surface area contributed by atoms with E-state index in [9.17, 15) is 10.1 Å². The lowest BCUT2D eigenvalue weighted by Crippen LogP contribution is -2.21. The smallest absolute Gasteiger partial charge is 0.315 e. The van der Waals surface area contributed by atoms with Gasteiger partial charge in [-0.3, -0.25) is 4.79 Å². The van der Waals surface area contributed by atoms with E-state index in [1.54, 1.807) is 31.4 Å². The van der Waals surface area contributed by atoms with Crippen LogP contribution in [-0.2, 0) is 17.6 Å². The molecule has 0 saturated carbocycles. The molecule has 33 heavy (non-hydrogen) atoms. The third-order valence-corrected chi connectivity index (χ3v) is 5.65. The number of nitrogens with zero attached hydrogens (tertiary/aromatic N) is 1. The normalized spacial score (nSPS) is 14.6. The minimum atomic E-state index is -0.399. The molecule has 2 N–H and O–H groups in total. The highest BCUT2D eigenvalue weighted by atomic mass is 16.5. The summed E-state index contributed by atoms with van der Waals surface area (Å²) in [5, 5.41) is 9.72. The van der Waals surface area contributed by atoms with E-state index in [1.807, 2.05) is 42.5 Å². The Hall–Kier alpha value is -4.24. The number of esters is 1. The quantitative estimate of drug-likeness (QED) is 0.444. The van der Waals surface area contributed by atoms with Crippen molar-refractivity contribution in [2.24, 2.45) is 5.73 Å². The molecule has 3 aromatic carbocycles. The van der Waals surface area contributed by atoms with Gasteiger partial charge in [0.05, 0.1) is 19.4 Å². The van der Waals surface area contributed by atoms with Gasteiger partial charge >= 0.3 is 5.97 Å². The number of fused-ring (bicyclic) bond motifs is 1. The number of ether oxygens (including phenoxy) is 3. The van der Waals surface area contributed by atoms with E-state index >= 15 is 0 Å². The van der Waals surface area contributed by atoms with Crippen molar-refractivity contribution >= 4 is 5.97 Å². The molecule has 1 atom stereocenters. The van der Waals surface area contributed by atoms with Crippen LogP contribution in [0, 0.1) is 11.3 Å². The minimum Gasteiger partial charge on any atom is -0.497 e. The molecular formula is C27H24N2O4. The standard InChI is InChI=1S/C27H24N2O4/c1-3-17-4-8-19(9-5-17)26-22-13-12-21(15-24(22)33-27(29)23(26)16-28)32-25(30)14-18-6-10-20(31-2)11-7-18/h4-13,15,26H,3,14,29H2,1-2H3. The van der Waals surface area contributed by atoms with E-state index in [4.69, 9.17) is 19.9 Å². The van der Waals surface area contributed by atoms with Crippen LogP contribution in [-0.4, -0.2) is 13.1 Å². The van der Waals surface area contributed by atoms with Gasteiger partial charge in [-0.15, -0.1) is 0 Å². The maximum atomic E-state index is 12.4. The van der Waals surface area contributed by atoms with Gasteiger partial charge in [0.25, 0.3) is 0 Å². The maximum absolute atomic E-state index is 12.4. The minimum absolute atomic E-state index is 0.0521. The van der Waals surface area contributed by atoms with Crippen molar-refractivity contribution in [2.75, 3.05) is 7.11 Å². The van der Waals surface area contributed by atoms with E-state index in [1.165, 1.54) is 5.56 Å². The van der Waals surface area contributed by atoms with Crippen molar-refractivity contribution in [3.05, 3.63) is 100 Å². The Bertz CT molecular complexity index is 1240. The summed E-state index contributed by atoms with van der Waals surface area (Å²) in [6, 6.07) is 22.7. The summed E-state index contributed by atoms with van der Waals surface area (Å²) in [5.41, 5.74) is 10.2. The fourth-order valence-corrected chi connectivity index (χ4v) is 3.87. The number of hydrogen-bond donors (Lipinski definition) is 1. The van der Waals surface area contributed by atoms with Crippen LogP contribution in [0.3, 0.4) is 0 Å². The van der Waals surface area contributed by atoms with Crippen LogP contribution in [0.4, 0.5) is 0 Å². The third kappa shape index (κ3) is 4.68. The Kier molecular flexibility index (Phi) is 6.32. The Labute approximate surface area is 192 Å². The summed E-state index contributed by atoms with van der Waals surface area (Å²) in [6.07, 6.45) is 1.05. The average Bonchev–Trinajstić information content (AvgIpc) is 2.83. The Morgan fingerprint density at radius 2 is 1.70 bits per heavy atom. The predicted octanol–water partition coefficient (Wildman–Crippen LogP) is 4.62. The predicted molar refractivity (Wildman–Crippen MR) is 124 cm³/mol. The van der Waals surface area contributed by atoms with Gasteiger partial charge in [0.15, 0.2) is 0 Å². The van der Waals surface area contributed by atoms with E-state index in [0.29, 0.717) is 17.1 Å². The van der Waals surface area contributed by atoms with E-state index < -0.39 is 5.97 Å². The molecule has 6 nitrogen and oxygen atoms in total. The van der Waals surface area contributed by atoms with E-state index in [2.05, 4.69) is 13.0 Å². The zero-order chi connectivity index (χ0) is 23.4. The Balaban J connectivity index is 1.57. The van der Waals surface area contributed by atoms with Gasteiger partial charge in [-0.1, -0.05) is 49.4 Å². The summed E-state index contributed by atoms with van der Waals surface area (Å²) >= 11 is 0. The molecule has 1 heterocycles. The molecule has 1 aliphatic rings. The molecule has 1 aliphatic heterocycles. The summed E-state index contributed by atoms with van der Waals surface area (Å²) in [5.74, 6) is 0.834. The van der Waals surface area contributed by atoms with Crippen molar-refractivity contribution in [1.29, 1.82) is 5.26 Å². The third-order valence-electron chi connectivity index (χ3n) is 5.65. The van der Waals surface area contributed by atoms with Crippen LogP contribution >= 0.6 is 0 Å². The number of allylic oxidation sites excluding steroid dienone is 1. The van der Waals surface area contributed by atoms with Gasteiger partial charge in [-0.05, 0) is 41.3 Å². The first-order valence-electron chi connectivity index (χ1n) is 10.7. The molecule has 3 aromatic rings. The highest BCUT2D eigenvalue weighted by molar-refractivity contribution is 5.75. The highest BCUT2D eigenvalue weighted by Gasteiger charge is 2.31. The molecule has 0 radical (unpaired) electrons. The van der Waals surface area contributed by atoms with Gasteiger partial charge in [-0.25, -0.2) is 0 Å². The van der Waals surface area contributed by atoms with Crippen LogP contribution in [0.25, 0.3) is 0 Å². The lowest BCUT2D eigenvalue weighted by Gasteiger charge is -2.26. The van der Waals surface area contributed by atoms with Crippen molar-refractivity contribution in [3.8, 4) is 23.3 Å². The number of hydrogen-bond acceptors (Lipinski definition) is 6. The topological polar surface area (TPSA) is 94.6 Å². The molecule has 6 heteroatoms. The number of aryl methyl sites for hydroxylation is 1. The number of rotatable bonds is 6. The van der Waals surface area contributed by atoms with Gasteiger partial charge in [-0.2, -0.15) is 5.26 Å². The van der Waals surface area contributed by atoms with Crippen LogP contribution in [0.1, 0.15) is 35.1 Å². The summed E-state index contributed by atoms with van der Waals surface area (Å²) in [6.45, 7) is 2.09. The Morgan fingerprint density at radius 1 is 1.03 bits per heavy atom. The lowest BCUT2D eigenvalue weighted by molar-refractivity contribution is -0.133. The lowest BCUT2D eigenvalue weighted by atomic mass is 9.83. The number of benzene rings is 3. The maximum Gasteiger partial charge on any atom is 0.315 e. The first-order chi connectivity index (χ1) is 16.0. The first-order valence-corrected chi connectivity index (χ1v) is 10.7. The molecule has 1 unspecified atom stereocenters. The molecule has 0 aromatic heterocycles. The molecule has 0 spiro atoms. The molecule has 0 aliphatic carbocycles. The number of methoxy groups -OCH3 is 1. The first kappa shape index (κ1) is 22.0. The molecule has 4 rings (SSSR count). The molecule has 166 valence electrons. The molecular weight excluding hydrogens is 416 g/mol. The fourth-order valence-electron chi connectivity index (χ4n) is 3.87. The second-order valence-corrected chi connectivity index (χ2v) is 7.72. The Morgan fingerprint density at radius 3 is 2.33 bits per heavy atom. The SMILES string of the molecule is CCc1ccc(C2C(C#N)=C(N)Oc3cc(OC(=O)Cc4ccc(OC)cc4)ccc32)cc1. The zero-order valence-corrected chi connectivity index (χ0v) is 18.5. The van der Waals surface area contributed by atoms with Crippen molar-refractivity contribution in [1.82, 2.24) is 0 Å². The van der Waals surface area contributed by atoms with Crippen molar-refractivity contribution in [2.45, 2.75) is 25.7 Å². The van der Waals surface area contributed by atoms with Gasteiger partial charge in [0.2, 0.25) is 5.88 Å². The molecule has 0 saturated heterocycles. The van der Waals surface area contributed by atoms with Crippen molar-refractivity contribution < 1.29 is 19.0 Å². The number of nitrogens with two attached hydrogens (primary N) is 1. The van der Waals surface area contributed by atoms with Crippen LogP contribution in [0.2, 0.25) is 0 Å². The van der Waals surface area contributed by atoms with Crippen LogP contribution in [0.5, 0.6) is 17.2 Å². The summed E-state index contributed by atoms with van der Waals surface area (Å²) < 4.78 is 16.4. The van der Waals surface area contributed by atoms with Gasteiger partial charge in [0.1, 0.15) is 28.9 Å². The molecule has 0 fully saturated rings. The van der Waals surface area contributed by atoms with E-state index in [-0.39, 0.29) is 18.2 Å². The largest absolute Gasteiger partial charge is 0.497 e. The van der Waals surface area contributed by atoms with Gasteiger partial charge < -0.3 is 19.9 Å². The summed E-state index contributed by atoms with van der Waals surface area (Å²) in [7, 11) is 1.59. The summed E-state index contributed by atoms with van der Waals surface area (Å²) in [4.78, 5) is 12.4. The second-order valence-electron chi connectivity index (χ2n) is 7.72. The highest BCUT2D eigenvalue weighted by Crippen LogP contribution is 2.43. The van der Waals surface area contributed by atoms with Crippen LogP contribution < -0.4 is 19.9 Å². The van der Waals surface area contributed by atoms with E-state index in [0.717, 1.165) is 28.9 Å². The number of nitriles is 1. The zero-order valence-electron chi connectivity index (χ0n) is 18.5. The monoisotopic (exact) mass is 440 g/mol. The number of carbonyl (C=O) groups excluding carboxylic acids is 1. The number of carbonyl (C=O) groups is 1.